The highest BCUT2D eigenvalue weighted by Crippen LogP contribution is 2.41. The first-order valence-corrected chi connectivity index (χ1v) is 7.10. The number of halogens is 1. The van der Waals surface area contributed by atoms with Crippen LogP contribution in [0.25, 0.3) is 0 Å². The number of carbonyl (C=O) groups is 1. The summed E-state index contributed by atoms with van der Waals surface area (Å²) in [6.45, 7) is 1.87. The van der Waals surface area contributed by atoms with Gasteiger partial charge in [0.15, 0.2) is 0 Å². The van der Waals surface area contributed by atoms with E-state index in [2.05, 4.69) is 11.4 Å². The number of hydrogen-bond acceptors (Lipinski definition) is 2. The first-order chi connectivity index (χ1) is 9.61. The fourth-order valence-electron chi connectivity index (χ4n) is 2.46. The molecule has 0 bridgehead atoms. The second-order valence-corrected chi connectivity index (χ2v) is 5.70. The number of amides is 1. The van der Waals surface area contributed by atoms with Crippen LogP contribution in [0.4, 0.5) is 0 Å². The molecule has 1 amide bonds. The van der Waals surface area contributed by atoms with Gasteiger partial charge in [0, 0.05) is 17.0 Å². The maximum atomic E-state index is 11.9. The van der Waals surface area contributed by atoms with Crippen LogP contribution in [0.15, 0.2) is 40.8 Å². The molecule has 1 saturated carbocycles. The molecule has 1 aromatic carbocycles. The molecule has 0 aliphatic heterocycles. The first kappa shape index (κ1) is 13.3. The Morgan fingerprint density at radius 3 is 2.95 bits per heavy atom. The second kappa shape index (κ2) is 5.33. The van der Waals surface area contributed by atoms with E-state index in [1.807, 2.05) is 37.3 Å². The maximum Gasteiger partial charge on any atom is 0.227 e. The Labute approximate surface area is 122 Å². The minimum absolute atomic E-state index is 0.00822. The third-order valence-corrected chi connectivity index (χ3v) is 3.78. The average Bonchev–Trinajstić information content (AvgIpc) is 3.04. The van der Waals surface area contributed by atoms with Gasteiger partial charge in [0.1, 0.15) is 11.5 Å². The molecule has 0 spiro atoms. The lowest BCUT2D eigenvalue weighted by atomic mass is 10.1. The molecule has 0 unspecified atom stereocenters. The summed E-state index contributed by atoms with van der Waals surface area (Å²) in [5.74, 6) is 1.93. The van der Waals surface area contributed by atoms with E-state index in [0.29, 0.717) is 18.1 Å². The molecule has 3 rings (SSSR count). The predicted octanol–water partition coefficient (Wildman–Crippen LogP) is 3.46. The zero-order valence-electron chi connectivity index (χ0n) is 11.2. The lowest BCUT2D eigenvalue weighted by molar-refractivity contribution is -0.120. The lowest BCUT2D eigenvalue weighted by Crippen LogP contribution is -2.27. The molecule has 1 aliphatic rings. The smallest absolute Gasteiger partial charge is 0.227 e. The van der Waals surface area contributed by atoms with Crippen molar-refractivity contribution in [3.63, 3.8) is 0 Å². The van der Waals surface area contributed by atoms with Gasteiger partial charge in [-0.3, -0.25) is 4.79 Å². The fraction of sp³-hybridized carbons (Fsp3) is 0.312. The summed E-state index contributed by atoms with van der Waals surface area (Å²) >= 11 is 5.98. The zero-order valence-corrected chi connectivity index (χ0v) is 12.0. The van der Waals surface area contributed by atoms with E-state index >= 15 is 0 Å². The van der Waals surface area contributed by atoms with Crippen LogP contribution in [-0.2, 0) is 11.2 Å². The lowest BCUT2D eigenvalue weighted by Gasteiger charge is -2.04. The number of nitrogens with one attached hydrogen (secondary N) is 1. The molecule has 0 radical (unpaired) electrons. The van der Waals surface area contributed by atoms with Crippen molar-refractivity contribution in [2.75, 3.05) is 0 Å². The summed E-state index contributed by atoms with van der Waals surface area (Å²) in [6, 6.07) is 11.8. The van der Waals surface area contributed by atoms with Crippen LogP contribution in [0.1, 0.15) is 29.4 Å². The van der Waals surface area contributed by atoms with Gasteiger partial charge in [0.05, 0.1) is 6.42 Å². The van der Waals surface area contributed by atoms with E-state index in [-0.39, 0.29) is 11.9 Å². The van der Waals surface area contributed by atoms with Gasteiger partial charge >= 0.3 is 0 Å². The van der Waals surface area contributed by atoms with Crippen molar-refractivity contribution in [3.8, 4) is 0 Å². The number of aryl methyl sites for hydroxylation is 1. The largest absolute Gasteiger partial charge is 0.466 e. The van der Waals surface area contributed by atoms with Crippen molar-refractivity contribution in [2.24, 2.45) is 0 Å². The second-order valence-electron chi connectivity index (χ2n) is 5.26. The van der Waals surface area contributed by atoms with Gasteiger partial charge in [0.25, 0.3) is 0 Å². The Hall–Kier alpha value is -1.74. The van der Waals surface area contributed by atoms with E-state index in [1.54, 1.807) is 0 Å². The summed E-state index contributed by atoms with van der Waals surface area (Å²) in [5, 5.41) is 3.78. The minimum atomic E-state index is 0.00822. The quantitative estimate of drug-likeness (QED) is 0.936. The number of hydrogen-bond donors (Lipinski definition) is 1. The summed E-state index contributed by atoms with van der Waals surface area (Å²) < 4.78 is 5.41. The van der Waals surface area contributed by atoms with Crippen molar-refractivity contribution in [2.45, 2.75) is 31.7 Å². The van der Waals surface area contributed by atoms with Crippen molar-refractivity contribution in [1.82, 2.24) is 5.32 Å². The van der Waals surface area contributed by atoms with Crippen LogP contribution in [-0.4, -0.2) is 11.9 Å². The molecular weight excluding hydrogens is 274 g/mol. The molecule has 1 heterocycles. The Morgan fingerprint density at radius 2 is 2.25 bits per heavy atom. The van der Waals surface area contributed by atoms with Gasteiger partial charge in [-0.25, -0.2) is 0 Å². The molecule has 1 N–H and O–H groups in total. The Kier molecular flexibility index (Phi) is 3.53. The van der Waals surface area contributed by atoms with Gasteiger partial charge in [0.2, 0.25) is 5.91 Å². The first-order valence-electron chi connectivity index (χ1n) is 6.72. The minimum Gasteiger partial charge on any atom is -0.466 e. The van der Waals surface area contributed by atoms with Gasteiger partial charge in [-0.15, -0.1) is 0 Å². The van der Waals surface area contributed by atoms with E-state index in [1.165, 1.54) is 5.56 Å². The normalized spacial score (nSPS) is 20.7. The Bertz CT molecular complexity index is 635. The number of rotatable bonds is 4. The highest BCUT2D eigenvalue weighted by atomic mass is 35.5. The van der Waals surface area contributed by atoms with E-state index in [9.17, 15) is 4.79 Å². The van der Waals surface area contributed by atoms with Crippen molar-refractivity contribution < 1.29 is 9.21 Å². The third kappa shape index (κ3) is 3.05. The molecule has 1 fully saturated rings. The van der Waals surface area contributed by atoms with Crippen molar-refractivity contribution >= 4 is 17.5 Å². The van der Waals surface area contributed by atoms with E-state index < -0.39 is 0 Å². The SMILES string of the molecule is Cc1ccc(CC(=O)N[C@@H]2C[C@H]2c2cccc(Cl)c2)o1. The van der Waals surface area contributed by atoms with Gasteiger partial charge in [-0.2, -0.15) is 0 Å². The highest BCUT2D eigenvalue weighted by molar-refractivity contribution is 6.30. The molecule has 2 aromatic rings. The highest BCUT2D eigenvalue weighted by Gasteiger charge is 2.39. The average molecular weight is 290 g/mol. The molecule has 2 atom stereocenters. The molecule has 1 aromatic heterocycles. The maximum absolute atomic E-state index is 11.9. The summed E-state index contributed by atoms with van der Waals surface area (Å²) in [5.41, 5.74) is 1.19. The van der Waals surface area contributed by atoms with Crippen LogP contribution in [0.3, 0.4) is 0 Å². The topological polar surface area (TPSA) is 42.2 Å². The molecule has 20 heavy (non-hydrogen) atoms. The van der Waals surface area contributed by atoms with Crippen LogP contribution in [0.5, 0.6) is 0 Å². The third-order valence-electron chi connectivity index (χ3n) is 3.54. The van der Waals surface area contributed by atoms with Crippen LogP contribution in [0, 0.1) is 6.92 Å². The summed E-state index contributed by atoms with van der Waals surface area (Å²) in [6.07, 6.45) is 1.27. The molecule has 104 valence electrons. The van der Waals surface area contributed by atoms with Gasteiger partial charge in [-0.1, -0.05) is 23.7 Å². The van der Waals surface area contributed by atoms with E-state index in [0.717, 1.165) is 17.2 Å². The number of carbonyl (C=O) groups excluding carboxylic acids is 1. The molecular formula is C16H16ClNO2. The molecule has 4 heteroatoms. The van der Waals surface area contributed by atoms with Crippen molar-refractivity contribution in [1.29, 1.82) is 0 Å². The molecule has 0 saturated heterocycles. The van der Waals surface area contributed by atoms with Crippen molar-refractivity contribution in [3.05, 3.63) is 58.5 Å². The molecule has 1 aliphatic carbocycles. The van der Waals surface area contributed by atoms with Gasteiger partial charge in [-0.05, 0) is 43.2 Å². The monoisotopic (exact) mass is 289 g/mol. The fourth-order valence-corrected chi connectivity index (χ4v) is 2.66. The van der Waals surface area contributed by atoms with Crippen LogP contribution >= 0.6 is 11.6 Å². The standard InChI is InChI=1S/C16H16ClNO2/c1-10-5-6-13(20-10)8-16(19)18-15-9-14(15)11-3-2-4-12(17)7-11/h2-7,14-15H,8-9H2,1H3,(H,18,19)/t14-,15+/m0/s1. The number of furan rings is 1. The molecule has 3 nitrogen and oxygen atoms in total. The summed E-state index contributed by atoms with van der Waals surface area (Å²) in [4.78, 5) is 11.9. The number of benzene rings is 1. The van der Waals surface area contributed by atoms with Gasteiger partial charge < -0.3 is 9.73 Å². The summed E-state index contributed by atoms with van der Waals surface area (Å²) in [7, 11) is 0. The zero-order chi connectivity index (χ0) is 14.1. The van der Waals surface area contributed by atoms with Crippen LogP contribution in [0.2, 0.25) is 5.02 Å². The Balaban J connectivity index is 1.54. The predicted molar refractivity (Wildman–Crippen MR) is 77.9 cm³/mol. The van der Waals surface area contributed by atoms with E-state index in [4.69, 9.17) is 16.0 Å². The Morgan fingerprint density at radius 1 is 1.40 bits per heavy atom. The van der Waals surface area contributed by atoms with Crippen LogP contribution < -0.4 is 5.32 Å².